The van der Waals surface area contributed by atoms with Crippen LogP contribution < -0.4 is 19.1 Å². The van der Waals surface area contributed by atoms with Gasteiger partial charge >= 0.3 is 0 Å². The van der Waals surface area contributed by atoms with Gasteiger partial charge in [-0.05, 0) is 36.4 Å². The first-order valence-electron chi connectivity index (χ1n) is 10.0. The minimum absolute atomic E-state index is 0.0821. The zero-order chi connectivity index (χ0) is 23.6. The SMILES string of the molecule is COc1ccc(S(=O)(=O)N2C[C@H](C(=O)Nc3nnc(SC(C)C)s3)Oc3ccccc32)cc1. The Morgan fingerprint density at radius 2 is 1.94 bits per heavy atom. The maximum absolute atomic E-state index is 13.5. The summed E-state index contributed by atoms with van der Waals surface area (Å²) < 4.78 is 39.8. The molecule has 0 bridgehead atoms. The maximum atomic E-state index is 13.5. The molecule has 1 amide bonds. The van der Waals surface area contributed by atoms with Crippen LogP contribution >= 0.6 is 23.1 Å². The summed E-state index contributed by atoms with van der Waals surface area (Å²) in [5.74, 6) is 0.339. The predicted molar refractivity (Wildman–Crippen MR) is 128 cm³/mol. The van der Waals surface area contributed by atoms with Crippen molar-refractivity contribution >= 4 is 49.8 Å². The molecule has 1 aliphatic heterocycles. The van der Waals surface area contributed by atoms with E-state index in [1.54, 1.807) is 48.2 Å². The molecular weight excluding hydrogens is 484 g/mol. The quantitative estimate of drug-likeness (QED) is 0.382. The topological polar surface area (TPSA) is 111 Å². The van der Waals surface area contributed by atoms with Crippen molar-refractivity contribution in [2.24, 2.45) is 0 Å². The molecule has 9 nitrogen and oxygen atoms in total. The Bertz CT molecular complexity index is 1240. The van der Waals surface area contributed by atoms with Crippen molar-refractivity contribution in [2.75, 3.05) is 23.3 Å². The molecule has 2 aromatic carbocycles. The highest BCUT2D eigenvalue weighted by atomic mass is 32.2. The van der Waals surface area contributed by atoms with Crippen LogP contribution in [0.3, 0.4) is 0 Å². The Morgan fingerprint density at radius 1 is 1.21 bits per heavy atom. The van der Waals surface area contributed by atoms with Gasteiger partial charge in [0.25, 0.3) is 15.9 Å². The number of hydrogen-bond acceptors (Lipinski definition) is 9. The van der Waals surface area contributed by atoms with E-state index in [1.807, 2.05) is 13.8 Å². The third kappa shape index (κ3) is 5.07. The number of para-hydroxylation sites is 2. The monoisotopic (exact) mass is 506 g/mol. The largest absolute Gasteiger partial charge is 0.497 e. The van der Waals surface area contributed by atoms with Crippen molar-refractivity contribution in [3.63, 3.8) is 0 Å². The Balaban J connectivity index is 1.59. The number of fused-ring (bicyclic) bond motifs is 1. The van der Waals surface area contributed by atoms with Gasteiger partial charge in [0, 0.05) is 5.25 Å². The van der Waals surface area contributed by atoms with Crippen molar-refractivity contribution in [1.29, 1.82) is 0 Å². The molecule has 4 rings (SSSR count). The molecule has 0 radical (unpaired) electrons. The van der Waals surface area contributed by atoms with Gasteiger partial charge in [-0.3, -0.25) is 14.4 Å². The van der Waals surface area contributed by atoms with Crippen LogP contribution in [-0.4, -0.2) is 49.5 Å². The third-order valence-corrected chi connectivity index (χ3v) is 8.37. The number of ether oxygens (including phenoxy) is 2. The number of rotatable bonds is 7. The average Bonchev–Trinajstić information content (AvgIpc) is 3.24. The molecule has 0 spiro atoms. The lowest BCUT2D eigenvalue weighted by Crippen LogP contribution is -2.48. The lowest BCUT2D eigenvalue weighted by atomic mass is 10.2. The Morgan fingerprint density at radius 3 is 2.64 bits per heavy atom. The number of benzene rings is 2. The van der Waals surface area contributed by atoms with Gasteiger partial charge in [0.15, 0.2) is 10.4 Å². The summed E-state index contributed by atoms with van der Waals surface area (Å²) in [5, 5.41) is 11.4. The van der Waals surface area contributed by atoms with Gasteiger partial charge in [-0.25, -0.2) is 8.42 Å². The summed E-state index contributed by atoms with van der Waals surface area (Å²) in [4.78, 5) is 13.0. The van der Waals surface area contributed by atoms with Crippen molar-refractivity contribution in [3.05, 3.63) is 48.5 Å². The molecule has 1 aliphatic rings. The fourth-order valence-corrected chi connectivity index (χ4v) is 6.59. The number of carbonyl (C=O) groups is 1. The van der Waals surface area contributed by atoms with Crippen LogP contribution in [-0.2, 0) is 14.8 Å². The molecule has 0 fully saturated rings. The van der Waals surface area contributed by atoms with E-state index in [0.717, 1.165) is 4.34 Å². The van der Waals surface area contributed by atoms with Gasteiger partial charge in [0.05, 0.1) is 24.2 Å². The van der Waals surface area contributed by atoms with Gasteiger partial charge in [0.1, 0.15) is 11.5 Å². The van der Waals surface area contributed by atoms with Gasteiger partial charge in [-0.2, -0.15) is 0 Å². The van der Waals surface area contributed by atoms with E-state index in [9.17, 15) is 13.2 Å². The fourth-order valence-electron chi connectivity index (χ4n) is 3.14. The number of amides is 1. The predicted octanol–water partition coefficient (Wildman–Crippen LogP) is 3.64. The zero-order valence-corrected chi connectivity index (χ0v) is 20.5. The van der Waals surface area contributed by atoms with E-state index >= 15 is 0 Å². The van der Waals surface area contributed by atoms with E-state index in [0.29, 0.717) is 27.6 Å². The number of sulfonamides is 1. The van der Waals surface area contributed by atoms with Crippen molar-refractivity contribution in [1.82, 2.24) is 10.2 Å². The second-order valence-electron chi connectivity index (χ2n) is 7.31. The minimum atomic E-state index is -3.96. The second kappa shape index (κ2) is 9.57. The Labute approximate surface area is 200 Å². The summed E-state index contributed by atoms with van der Waals surface area (Å²) in [6.45, 7) is 3.88. The van der Waals surface area contributed by atoms with Crippen LogP contribution in [0.2, 0.25) is 0 Å². The van der Waals surface area contributed by atoms with E-state index in [4.69, 9.17) is 9.47 Å². The Kier molecular flexibility index (Phi) is 6.77. The number of carbonyl (C=O) groups excluding carboxylic acids is 1. The molecule has 3 aromatic rings. The molecule has 0 saturated carbocycles. The Hall–Kier alpha value is -2.83. The average molecular weight is 507 g/mol. The third-order valence-electron chi connectivity index (χ3n) is 4.65. The van der Waals surface area contributed by atoms with Crippen molar-refractivity contribution in [3.8, 4) is 11.5 Å². The highest BCUT2D eigenvalue weighted by Gasteiger charge is 2.37. The van der Waals surface area contributed by atoms with Crippen molar-refractivity contribution in [2.45, 2.75) is 34.4 Å². The summed E-state index contributed by atoms with van der Waals surface area (Å²) in [6.07, 6.45) is -1.07. The minimum Gasteiger partial charge on any atom is -0.497 e. The van der Waals surface area contributed by atoms with Gasteiger partial charge in [0.2, 0.25) is 5.13 Å². The molecule has 2 heterocycles. The summed E-state index contributed by atoms with van der Waals surface area (Å²) in [7, 11) is -2.45. The number of nitrogens with zero attached hydrogens (tertiary/aromatic N) is 3. The van der Waals surface area contributed by atoms with Crippen molar-refractivity contribution < 1.29 is 22.7 Å². The first-order valence-corrected chi connectivity index (χ1v) is 13.1. The van der Waals surface area contributed by atoms with E-state index < -0.39 is 22.0 Å². The second-order valence-corrected chi connectivity index (χ2v) is 12.0. The van der Waals surface area contributed by atoms with E-state index in [2.05, 4.69) is 15.5 Å². The number of nitrogens with one attached hydrogen (secondary N) is 1. The number of methoxy groups -OCH3 is 1. The molecule has 1 atom stereocenters. The molecule has 33 heavy (non-hydrogen) atoms. The summed E-state index contributed by atoms with van der Waals surface area (Å²) in [6, 6.07) is 12.8. The van der Waals surface area contributed by atoms with E-state index in [1.165, 1.54) is 34.9 Å². The van der Waals surface area contributed by atoms with Crippen LogP contribution in [0.15, 0.2) is 57.8 Å². The fraction of sp³-hybridized carbons (Fsp3) is 0.286. The zero-order valence-electron chi connectivity index (χ0n) is 18.1. The number of hydrogen-bond donors (Lipinski definition) is 1. The number of thioether (sulfide) groups is 1. The van der Waals surface area contributed by atoms with Crippen LogP contribution in [0.1, 0.15) is 13.8 Å². The summed E-state index contributed by atoms with van der Waals surface area (Å²) >= 11 is 2.80. The summed E-state index contributed by atoms with van der Waals surface area (Å²) in [5.41, 5.74) is 0.365. The highest BCUT2D eigenvalue weighted by molar-refractivity contribution is 8.01. The molecule has 174 valence electrons. The lowest BCUT2D eigenvalue weighted by Gasteiger charge is -2.34. The first-order chi connectivity index (χ1) is 15.8. The van der Waals surface area contributed by atoms with Gasteiger partial charge in [-0.15, -0.1) is 10.2 Å². The molecule has 1 N–H and O–H groups in total. The van der Waals surface area contributed by atoms with Crippen LogP contribution in [0.5, 0.6) is 11.5 Å². The van der Waals surface area contributed by atoms with Gasteiger partial charge < -0.3 is 9.47 Å². The number of aromatic nitrogens is 2. The molecular formula is C21H22N4O5S3. The molecule has 0 aliphatic carbocycles. The number of anilines is 2. The van der Waals surface area contributed by atoms with E-state index in [-0.39, 0.29) is 11.4 Å². The lowest BCUT2D eigenvalue weighted by molar-refractivity contribution is -0.122. The van der Waals surface area contributed by atoms with Crippen LogP contribution in [0.25, 0.3) is 0 Å². The maximum Gasteiger partial charge on any atom is 0.269 e. The van der Waals surface area contributed by atoms with Gasteiger partial charge in [-0.1, -0.05) is 49.1 Å². The van der Waals surface area contributed by atoms with Crippen LogP contribution in [0.4, 0.5) is 10.8 Å². The molecule has 0 unspecified atom stereocenters. The molecule has 12 heteroatoms. The standard InChI is InChI=1S/C21H22N4O5S3/c1-13(2)31-21-24-23-20(32-21)22-19(26)18-12-25(16-6-4-5-7-17(16)30-18)33(27,28)15-10-8-14(29-3)9-11-15/h4-11,13,18H,12H2,1-3H3,(H,22,23,26)/t18-/m1/s1. The normalized spacial score (nSPS) is 15.6. The van der Waals surface area contributed by atoms with Crippen LogP contribution in [0, 0.1) is 0 Å². The highest BCUT2D eigenvalue weighted by Crippen LogP contribution is 2.37. The molecule has 0 saturated heterocycles. The smallest absolute Gasteiger partial charge is 0.269 e. The molecule has 1 aromatic heterocycles. The first kappa shape index (κ1) is 23.3.